The highest BCUT2D eigenvalue weighted by atomic mass is 32.2. The van der Waals surface area contributed by atoms with Crippen LogP contribution in [0.4, 0.5) is 5.69 Å². The molecule has 8 heteroatoms. The zero-order valence-corrected chi connectivity index (χ0v) is 20.5. The van der Waals surface area contributed by atoms with Crippen molar-refractivity contribution in [2.45, 2.75) is 37.7 Å². The minimum atomic E-state index is -0.550. The SMILES string of the molecule is COc1ccc(C)cc1NC(=O)C(Sc1nnc(-c2ccco2)n1CC(C)C)c1ccccc1. The molecular weight excluding hydrogens is 448 g/mol. The summed E-state index contributed by atoms with van der Waals surface area (Å²) in [6, 6.07) is 19.1. The Morgan fingerprint density at radius 1 is 1.12 bits per heavy atom. The van der Waals surface area contributed by atoms with Crippen molar-refractivity contribution in [2.24, 2.45) is 5.92 Å². The lowest BCUT2D eigenvalue weighted by molar-refractivity contribution is -0.115. The molecule has 7 nitrogen and oxygen atoms in total. The maximum absolute atomic E-state index is 13.6. The summed E-state index contributed by atoms with van der Waals surface area (Å²) in [5, 5.41) is 12.0. The van der Waals surface area contributed by atoms with Crippen LogP contribution in [0.3, 0.4) is 0 Å². The molecule has 176 valence electrons. The number of amides is 1. The van der Waals surface area contributed by atoms with Gasteiger partial charge in [0.15, 0.2) is 16.7 Å². The minimum absolute atomic E-state index is 0.168. The number of furan rings is 1. The van der Waals surface area contributed by atoms with Crippen LogP contribution in [0, 0.1) is 12.8 Å². The van der Waals surface area contributed by atoms with E-state index in [4.69, 9.17) is 9.15 Å². The summed E-state index contributed by atoms with van der Waals surface area (Å²) in [5.74, 6) is 2.08. The predicted octanol–water partition coefficient (Wildman–Crippen LogP) is 5.98. The molecule has 2 aromatic carbocycles. The Labute approximate surface area is 203 Å². The van der Waals surface area contributed by atoms with Crippen LogP contribution < -0.4 is 10.1 Å². The van der Waals surface area contributed by atoms with E-state index in [-0.39, 0.29) is 5.91 Å². The van der Waals surface area contributed by atoms with Gasteiger partial charge in [0, 0.05) is 6.54 Å². The second-order valence-electron chi connectivity index (χ2n) is 8.39. The van der Waals surface area contributed by atoms with Crippen molar-refractivity contribution in [1.82, 2.24) is 14.8 Å². The van der Waals surface area contributed by atoms with E-state index in [1.54, 1.807) is 13.4 Å². The first-order chi connectivity index (χ1) is 16.5. The molecule has 0 radical (unpaired) electrons. The second kappa shape index (κ2) is 10.6. The monoisotopic (exact) mass is 476 g/mol. The van der Waals surface area contributed by atoms with Crippen LogP contribution in [-0.4, -0.2) is 27.8 Å². The largest absolute Gasteiger partial charge is 0.495 e. The highest BCUT2D eigenvalue weighted by molar-refractivity contribution is 8.00. The summed E-state index contributed by atoms with van der Waals surface area (Å²) in [6.45, 7) is 6.93. The summed E-state index contributed by atoms with van der Waals surface area (Å²) < 4.78 is 13.1. The standard InChI is InChI=1S/C26H28N4O3S/c1-17(2)16-30-24(22-11-8-14-33-22)28-29-26(30)34-23(19-9-6-5-7-10-19)25(31)27-20-15-18(3)12-13-21(20)32-4/h5-15,17,23H,16H2,1-4H3,(H,27,31). The van der Waals surface area contributed by atoms with E-state index < -0.39 is 5.25 Å². The van der Waals surface area contributed by atoms with Crippen molar-refractivity contribution >= 4 is 23.4 Å². The quantitative estimate of drug-likeness (QED) is 0.299. The van der Waals surface area contributed by atoms with Gasteiger partial charge >= 0.3 is 0 Å². The van der Waals surface area contributed by atoms with Crippen LogP contribution in [0.25, 0.3) is 11.6 Å². The van der Waals surface area contributed by atoms with E-state index >= 15 is 0 Å². The molecule has 2 aromatic heterocycles. The molecule has 4 aromatic rings. The lowest BCUT2D eigenvalue weighted by atomic mass is 10.1. The van der Waals surface area contributed by atoms with Crippen LogP contribution in [0.15, 0.2) is 76.5 Å². The Bertz CT molecular complexity index is 1240. The zero-order chi connectivity index (χ0) is 24.1. The Morgan fingerprint density at radius 3 is 2.59 bits per heavy atom. The predicted molar refractivity (Wildman–Crippen MR) is 134 cm³/mol. The number of carbonyl (C=O) groups is 1. The van der Waals surface area contributed by atoms with Gasteiger partial charge in [0.05, 0.1) is 19.1 Å². The number of carbonyl (C=O) groups excluding carboxylic acids is 1. The number of nitrogens with one attached hydrogen (secondary N) is 1. The van der Waals surface area contributed by atoms with E-state index in [0.717, 1.165) is 11.1 Å². The van der Waals surface area contributed by atoms with Crippen LogP contribution >= 0.6 is 11.8 Å². The lowest BCUT2D eigenvalue weighted by Crippen LogP contribution is -2.20. The molecule has 4 rings (SSSR count). The smallest absolute Gasteiger partial charge is 0.242 e. The van der Waals surface area contributed by atoms with E-state index in [1.807, 2.05) is 72.2 Å². The van der Waals surface area contributed by atoms with Crippen LogP contribution in [0.2, 0.25) is 0 Å². The van der Waals surface area contributed by atoms with Gasteiger partial charge in [-0.3, -0.25) is 9.36 Å². The van der Waals surface area contributed by atoms with E-state index in [9.17, 15) is 4.79 Å². The highest BCUT2D eigenvalue weighted by Gasteiger charge is 2.27. The Balaban J connectivity index is 1.70. The molecule has 34 heavy (non-hydrogen) atoms. The Morgan fingerprint density at radius 2 is 1.91 bits per heavy atom. The topological polar surface area (TPSA) is 82.2 Å². The van der Waals surface area contributed by atoms with Crippen molar-refractivity contribution in [2.75, 3.05) is 12.4 Å². The van der Waals surface area contributed by atoms with Crippen LogP contribution in [0.1, 0.15) is 30.2 Å². The van der Waals surface area contributed by atoms with Gasteiger partial charge in [-0.05, 0) is 48.2 Å². The number of hydrogen-bond acceptors (Lipinski definition) is 6. The van der Waals surface area contributed by atoms with Crippen LogP contribution in [-0.2, 0) is 11.3 Å². The minimum Gasteiger partial charge on any atom is -0.495 e. The molecule has 1 N–H and O–H groups in total. The molecule has 2 heterocycles. The number of aromatic nitrogens is 3. The number of methoxy groups -OCH3 is 1. The fraction of sp³-hybridized carbons (Fsp3) is 0.269. The van der Waals surface area contributed by atoms with Gasteiger partial charge < -0.3 is 14.5 Å². The first-order valence-electron chi connectivity index (χ1n) is 11.1. The number of nitrogens with zero attached hydrogens (tertiary/aromatic N) is 3. The summed E-state index contributed by atoms with van der Waals surface area (Å²) in [7, 11) is 1.59. The first kappa shape index (κ1) is 23.6. The van der Waals surface area contributed by atoms with Crippen molar-refractivity contribution in [3.05, 3.63) is 78.1 Å². The Kier molecular flexibility index (Phi) is 7.37. The van der Waals surface area contributed by atoms with Crippen LogP contribution in [0.5, 0.6) is 5.75 Å². The zero-order valence-electron chi connectivity index (χ0n) is 19.7. The molecule has 0 aliphatic rings. The molecule has 0 bridgehead atoms. The van der Waals surface area contributed by atoms with Crippen molar-refractivity contribution in [3.63, 3.8) is 0 Å². The summed E-state index contributed by atoms with van der Waals surface area (Å²) in [4.78, 5) is 13.6. The maximum atomic E-state index is 13.6. The van der Waals surface area contributed by atoms with Gasteiger partial charge in [0.1, 0.15) is 11.0 Å². The highest BCUT2D eigenvalue weighted by Crippen LogP contribution is 2.38. The number of thioether (sulfide) groups is 1. The molecule has 1 atom stereocenters. The van der Waals surface area contributed by atoms with Gasteiger partial charge in [-0.1, -0.05) is 62.0 Å². The number of benzene rings is 2. The first-order valence-corrected chi connectivity index (χ1v) is 12.0. The van der Waals surface area contributed by atoms with Crippen molar-refractivity contribution < 1.29 is 13.9 Å². The second-order valence-corrected chi connectivity index (χ2v) is 9.46. The molecule has 1 amide bonds. The maximum Gasteiger partial charge on any atom is 0.242 e. The Hall–Kier alpha value is -3.52. The molecule has 0 fully saturated rings. The van der Waals surface area contributed by atoms with E-state index in [2.05, 4.69) is 29.4 Å². The lowest BCUT2D eigenvalue weighted by Gasteiger charge is -2.19. The molecule has 0 aliphatic heterocycles. The molecule has 0 spiro atoms. The summed E-state index contributed by atoms with van der Waals surface area (Å²) in [5.41, 5.74) is 2.53. The average Bonchev–Trinajstić information content (AvgIpc) is 3.48. The van der Waals surface area contributed by atoms with Crippen molar-refractivity contribution in [3.8, 4) is 17.3 Å². The molecular formula is C26H28N4O3S. The fourth-order valence-corrected chi connectivity index (χ4v) is 4.66. The van der Waals surface area contributed by atoms with Gasteiger partial charge in [-0.2, -0.15) is 0 Å². The van der Waals surface area contributed by atoms with Gasteiger partial charge in [0.25, 0.3) is 0 Å². The third kappa shape index (κ3) is 5.34. The van der Waals surface area contributed by atoms with Gasteiger partial charge in [-0.25, -0.2) is 0 Å². The molecule has 0 aliphatic carbocycles. The normalized spacial score (nSPS) is 12.0. The summed E-state index contributed by atoms with van der Waals surface area (Å²) in [6.07, 6.45) is 1.62. The van der Waals surface area contributed by atoms with Gasteiger partial charge in [-0.15, -0.1) is 10.2 Å². The third-order valence-corrected chi connectivity index (χ3v) is 6.42. The summed E-state index contributed by atoms with van der Waals surface area (Å²) >= 11 is 1.37. The molecule has 0 saturated carbocycles. The third-order valence-electron chi connectivity index (χ3n) is 5.18. The van der Waals surface area contributed by atoms with Crippen molar-refractivity contribution in [1.29, 1.82) is 0 Å². The number of ether oxygens (including phenoxy) is 1. The van der Waals surface area contributed by atoms with E-state index in [1.165, 1.54) is 11.8 Å². The van der Waals surface area contributed by atoms with E-state index in [0.29, 0.717) is 40.6 Å². The number of anilines is 1. The number of aryl methyl sites for hydroxylation is 1. The fourth-order valence-electron chi connectivity index (χ4n) is 3.62. The molecule has 1 unspecified atom stereocenters. The van der Waals surface area contributed by atoms with Gasteiger partial charge in [0.2, 0.25) is 5.91 Å². The molecule has 0 saturated heterocycles. The number of hydrogen-bond donors (Lipinski definition) is 1. The number of rotatable bonds is 9. The average molecular weight is 477 g/mol.